The summed E-state index contributed by atoms with van der Waals surface area (Å²) in [7, 11) is 0. The van der Waals surface area contributed by atoms with Crippen molar-refractivity contribution < 1.29 is 0 Å². The number of fused-ring (bicyclic) bond motifs is 1. The third kappa shape index (κ3) is 2.12. The molecule has 0 aromatic carbocycles. The molecule has 3 aromatic rings. The zero-order valence-corrected chi connectivity index (χ0v) is 10.3. The third-order valence-electron chi connectivity index (χ3n) is 2.53. The largest absolute Gasteiger partial charge is 0.368 e. The molecule has 6 nitrogen and oxygen atoms in total. The van der Waals surface area contributed by atoms with Gasteiger partial charge in [-0.3, -0.25) is 0 Å². The molecule has 0 aliphatic rings. The summed E-state index contributed by atoms with van der Waals surface area (Å²) >= 11 is 1.73. The highest BCUT2D eigenvalue weighted by molar-refractivity contribution is 7.09. The maximum atomic E-state index is 11.3. The van der Waals surface area contributed by atoms with Crippen molar-refractivity contribution in [2.24, 2.45) is 0 Å². The first-order chi connectivity index (χ1) is 8.83. The van der Waals surface area contributed by atoms with Crippen molar-refractivity contribution in [1.82, 2.24) is 19.8 Å². The van der Waals surface area contributed by atoms with Crippen LogP contribution in [0.25, 0.3) is 5.65 Å². The lowest BCUT2D eigenvalue weighted by Crippen LogP contribution is -2.14. The van der Waals surface area contributed by atoms with E-state index in [0.29, 0.717) is 11.5 Å². The van der Waals surface area contributed by atoms with E-state index in [2.05, 4.69) is 32.1 Å². The smallest absolute Gasteiger partial charge is 0.364 e. The van der Waals surface area contributed by atoms with Crippen LogP contribution in [0.15, 0.2) is 34.4 Å². The Morgan fingerprint density at radius 3 is 3.17 bits per heavy atom. The van der Waals surface area contributed by atoms with E-state index in [-0.39, 0.29) is 5.69 Å². The minimum atomic E-state index is -0.327. The first-order valence-corrected chi connectivity index (χ1v) is 6.41. The number of nitrogens with one attached hydrogen (secondary N) is 2. The molecule has 0 saturated heterocycles. The molecular formula is C11H11N5OS. The van der Waals surface area contributed by atoms with Crippen LogP contribution >= 0.6 is 11.3 Å². The molecule has 0 amide bonds. The zero-order valence-electron chi connectivity index (χ0n) is 9.46. The highest BCUT2D eigenvalue weighted by Crippen LogP contribution is 2.09. The van der Waals surface area contributed by atoms with Gasteiger partial charge in [0, 0.05) is 11.4 Å². The molecule has 0 fully saturated rings. The molecule has 7 heteroatoms. The lowest BCUT2D eigenvalue weighted by Gasteiger charge is -2.03. The average molecular weight is 261 g/mol. The van der Waals surface area contributed by atoms with Gasteiger partial charge in [-0.15, -0.1) is 16.4 Å². The van der Waals surface area contributed by atoms with Gasteiger partial charge in [0.2, 0.25) is 0 Å². The van der Waals surface area contributed by atoms with Gasteiger partial charge < -0.3 is 5.32 Å². The number of nitrogens with zero attached hydrogens (tertiary/aromatic N) is 3. The van der Waals surface area contributed by atoms with Crippen LogP contribution in [0.3, 0.4) is 0 Å². The molecule has 18 heavy (non-hydrogen) atoms. The van der Waals surface area contributed by atoms with Gasteiger partial charge in [0.25, 0.3) is 0 Å². The summed E-state index contributed by atoms with van der Waals surface area (Å²) in [4.78, 5) is 12.7. The molecule has 2 N–H and O–H groups in total. The molecule has 3 rings (SSSR count). The Hall–Kier alpha value is -2.15. The fourth-order valence-electron chi connectivity index (χ4n) is 1.67. The predicted molar refractivity (Wildman–Crippen MR) is 70.1 cm³/mol. The van der Waals surface area contributed by atoms with Gasteiger partial charge in [0.1, 0.15) is 5.82 Å². The van der Waals surface area contributed by atoms with Gasteiger partial charge in [-0.2, -0.15) is 9.61 Å². The van der Waals surface area contributed by atoms with Gasteiger partial charge in [-0.25, -0.2) is 9.89 Å². The minimum absolute atomic E-state index is 0.327. The fourth-order valence-corrected chi connectivity index (χ4v) is 2.37. The quantitative estimate of drug-likeness (QED) is 0.738. The normalized spacial score (nSPS) is 10.9. The number of aromatic amines is 1. The second kappa shape index (κ2) is 4.61. The molecule has 3 aromatic heterocycles. The Kier molecular flexibility index (Phi) is 2.81. The number of hydrogen-bond acceptors (Lipinski definition) is 5. The molecule has 0 atom stereocenters. The highest BCUT2D eigenvalue weighted by Gasteiger charge is 2.02. The molecule has 0 saturated carbocycles. The van der Waals surface area contributed by atoms with Crippen molar-refractivity contribution in [3.05, 3.63) is 45.0 Å². The maximum Gasteiger partial charge on any atom is 0.364 e. The van der Waals surface area contributed by atoms with Gasteiger partial charge >= 0.3 is 5.69 Å². The topological polar surface area (TPSA) is 75.1 Å². The van der Waals surface area contributed by atoms with Gasteiger partial charge in [0.15, 0.2) is 5.65 Å². The summed E-state index contributed by atoms with van der Waals surface area (Å²) in [5.41, 5.74) is 0.190. The number of anilines is 1. The molecule has 0 radical (unpaired) electrons. The molecule has 0 unspecified atom stereocenters. The SMILES string of the molecule is O=c1[nH]nc2ccc(NCCc3cccs3)nn12. The molecular weight excluding hydrogens is 250 g/mol. The molecule has 3 heterocycles. The maximum absolute atomic E-state index is 11.3. The Balaban J connectivity index is 1.70. The molecule has 0 aliphatic heterocycles. The third-order valence-corrected chi connectivity index (χ3v) is 3.47. The Bertz CT molecular complexity index is 700. The van der Waals surface area contributed by atoms with Crippen molar-refractivity contribution in [2.75, 3.05) is 11.9 Å². The average Bonchev–Trinajstić information content (AvgIpc) is 3.01. The van der Waals surface area contributed by atoms with E-state index >= 15 is 0 Å². The van der Waals surface area contributed by atoms with E-state index in [0.717, 1.165) is 13.0 Å². The Morgan fingerprint density at radius 2 is 2.33 bits per heavy atom. The van der Waals surface area contributed by atoms with Crippen LogP contribution < -0.4 is 11.0 Å². The summed E-state index contributed by atoms with van der Waals surface area (Å²) in [6.45, 7) is 0.783. The number of aromatic nitrogens is 4. The van der Waals surface area contributed by atoms with Crippen molar-refractivity contribution in [2.45, 2.75) is 6.42 Å². The summed E-state index contributed by atoms with van der Waals surface area (Å²) in [6, 6.07) is 7.70. The summed E-state index contributed by atoms with van der Waals surface area (Å²) in [6.07, 6.45) is 0.942. The number of H-pyrrole nitrogens is 1. The fraction of sp³-hybridized carbons (Fsp3) is 0.182. The number of hydrogen-bond donors (Lipinski definition) is 2. The van der Waals surface area contributed by atoms with Crippen molar-refractivity contribution in [3.8, 4) is 0 Å². The van der Waals surface area contributed by atoms with Crippen molar-refractivity contribution >= 4 is 22.8 Å². The highest BCUT2D eigenvalue weighted by atomic mass is 32.1. The summed E-state index contributed by atoms with van der Waals surface area (Å²) in [5, 5.41) is 15.6. The second-order valence-corrected chi connectivity index (χ2v) is 4.81. The molecule has 92 valence electrons. The van der Waals surface area contributed by atoms with Crippen LogP contribution in [0, 0.1) is 0 Å². The molecule has 0 bridgehead atoms. The summed E-state index contributed by atoms with van der Waals surface area (Å²) < 4.78 is 1.24. The Labute approximate surface area is 106 Å². The first-order valence-electron chi connectivity index (χ1n) is 5.54. The van der Waals surface area contributed by atoms with E-state index in [1.807, 2.05) is 12.1 Å². The van der Waals surface area contributed by atoms with E-state index in [1.54, 1.807) is 17.4 Å². The summed E-state index contributed by atoms with van der Waals surface area (Å²) in [5.74, 6) is 0.669. The van der Waals surface area contributed by atoms with Crippen molar-refractivity contribution in [3.63, 3.8) is 0 Å². The van der Waals surface area contributed by atoms with Crippen LogP contribution in [-0.2, 0) is 6.42 Å². The van der Waals surface area contributed by atoms with Crippen LogP contribution in [0.1, 0.15) is 4.88 Å². The van der Waals surface area contributed by atoms with Crippen LogP contribution in [-0.4, -0.2) is 26.4 Å². The van der Waals surface area contributed by atoms with E-state index in [1.165, 1.54) is 9.39 Å². The lowest BCUT2D eigenvalue weighted by atomic mass is 10.3. The van der Waals surface area contributed by atoms with Gasteiger partial charge in [-0.05, 0) is 30.0 Å². The monoisotopic (exact) mass is 261 g/mol. The van der Waals surface area contributed by atoms with Crippen LogP contribution in [0.4, 0.5) is 5.82 Å². The molecule has 0 spiro atoms. The first kappa shape index (κ1) is 11.0. The van der Waals surface area contributed by atoms with E-state index < -0.39 is 0 Å². The van der Waals surface area contributed by atoms with Crippen molar-refractivity contribution in [1.29, 1.82) is 0 Å². The zero-order chi connectivity index (χ0) is 12.4. The van der Waals surface area contributed by atoms with Gasteiger partial charge in [0.05, 0.1) is 0 Å². The van der Waals surface area contributed by atoms with Crippen LogP contribution in [0.5, 0.6) is 0 Å². The lowest BCUT2D eigenvalue weighted by molar-refractivity contribution is 0.872. The van der Waals surface area contributed by atoms with E-state index in [9.17, 15) is 4.79 Å². The molecule has 0 aliphatic carbocycles. The standard InChI is InChI=1S/C11H11N5OS/c17-11-14-13-10-4-3-9(15-16(10)11)12-6-5-8-2-1-7-18-8/h1-4,7H,5-6H2,(H,12,15)(H,14,17). The minimum Gasteiger partial charge on any atom is -0.368 e. The number of rotatable bonds is 4. The van der Waals surface area contributed by atoms with Crippen LogP contribution in [0.2, 0.25) is 0 Å². The van der Waals surface area contributed by atoms with E-state index in [4.69, 9.17) is 0 Å². The predicted octanol–water partition coefficient (Wildman–Crippen LogP) is 1.13. The Morgan fingerprint density at radius 1 is 1.39 bits per heavy atom. The van der Waals surface area contributed by atoms with Gasteiger partial charge in [-0.1, -0.05) is 6.07 Å². The number of thiophene rings is 1. The second-order valence-electron chi connectivity index (χ2n) is 3.77.